The summed E-state index contributed by atoms with van der Waals surface area (Å²) < 4.78 is 0. The molecule has 1 aliphatic rings. The van der Waals surface area contributed by atoms with Crippen LogP contribution in [0.25, 0.3) is 0 Å². The molecule has 3 N–H and O–H groups in total. The topological polar surface area (TPSA) is 38.0 Å². The summed E-state index contributed by atoms with van der Waals surface area (Å²) in [6.45, 7) is 4.55. The van der Waals surface area contributed by atoms with Crippen molar-refractivity contribution in [2.75, 3.05) is 0 Å². The molecule has 0 saturated heterocycles. The lowest BCUT2D eigenvalue weighted by Crippen LogP contribution is -2.36. The number of nitrogens with two attached hydrogens (primary N) is 1. The Bertz CT molecular complexity index is 128. The standard InChI is InChI=1S/C11H24N2/c1-3-9(4-2)7-11(13-12)8-10-5-6-10/h9-11,13H,3-8,12H2,1-2H3. The third-order valence-electron chi connectivity index (χ3n) is 3.32. The molecule has 13 heavy (non-hydrogen) atoms. The van der Waals surface area contributed by atoms with E-state index in [0.717, 1.165) is 11.8 Å². The molecule has 1 aliphatic carbocycles. The summed E-state index contributed by atoms with van der Waals surface area (Å²) in [7, 11) is 0. The van der Waals surface area contributed by atoms with Gasteiger partial charge in [0.05, 0.1) is 0 Å². The molecule has 0 aromatic heterocycles. The summed E-state index contributed by atoms with van der Waals surface area (Å²) in [4.78, 5) is 0. The zero-order chi connectivity index (χ0) is 9.68. The first-order valence-electron chi connectivity index (χ1n) is 5.76. The van der Waals surface area contributed by atoms with Crippen LogP contribution in [0.5, 0.6) is 0 Å². The average Bonchev–Trinajstić information content (AvgIpc) is 2.95. The molecular weight excluding hydrogens is 160 g/mol. The summed E-state index contributed by atoms with van der Waals surface area (Å²) >= 11 is 0. The highest BCUT2D eigenvalue weighted by Crippen LogP contribution is 2.34. The Hall–Kier alpha value is -0.0800. The molecule has 0 heterocycles. The molecule has 0 bridgehead atoms. The van der Waals surface area contributed by atoms with E-state index >= 15 is 0 Å². The maximum absolute atomic E-state index is 5.56. The average molecular weight is 184 g/mol. The van der Waals surface area contributed by atoms with Crippen molar-refractivity contribution in [1.29, 1.82) is 0 Å². The molecule has 1 saturated carbocycles. The van der Waals surface area contributed by atoms with E-state index in [9.17, 15) is 0 Å². The van der Waals surface area contributed by atoms with Crippen molar-refractivity contribution in [2.45, 2.75) is 58.4 Å². The monoisotopic (exact) mass is 184 g/mol. The Morgan fingerprint density at radius 1 is 1.31 bits per heavy atom. The second-order valence-electron chi connectivity index (χ2n) is 4.46. The fourth-order valence-electron chi connectivity index (χ4n) is 2.01. The number of hydrazine groups is 1. The Balaban J connectivity index is 2.19. The molecule has 1 unspecified atom stereocenters. The molecular formula is C11H24N2. The summed E-state index contributed by atoms with van der Waals surface area (Å²) in [5.74, 6) is 7.40. The number of rotatable bonds is 7. The molecule has 1 fully saturated rings. The summed E-state index contributed by atoms with van der Waals surface area (Å²) in [6, 6.07) is 0.567. The van der Waals surface area contributed by atoms with Crippen LogP contribution in [0.3, 0.4) is 0 Å². The number of nitrogens with one attached hydrogen (secondary N) is 1. The predicted octanol–water partition coefficient (Wildman–Crippen LogP) is 2.44. The fraction of sp³-hybridized carbons (Fsp3) is 1.00. The lowest BCUT2D eigenvalue weighted by Gasteiger charge is -2.20. The minimum Gasteiger partial charge on any atom is -0.271 e. The van der Waals surface area contributed by atoms with Gasteiger partial charge in [0.2, 0.25) is 0 Å². The zero-order valence-electron chi connectivity index (χ0n) is 9.05. The van der Waals surface area contributed by atoms with Gasteiger partial charge in [-0.15, -0.1) is 0 Å². The van der Waals surface area contributed by atoms with Crippen molar-refractivity contribution >= 4 is 0 Å². The van der Waals surface area contributed by atoms with Crippen molar-refractivity contribution in [3.63, 3.8) is 0 Å². The van der Waals surface area contributed by atoms with E-state index in [1.807, 2.05) is 0 Å². The van der Waals surface area contributed by atoms with E-state index in [4.69, 9.17) is 5.84 Å². The first kappa shape index (κ1) is 11.0. The first-order valence-corrected chi connectivity index (χ1v) is 5.76. The smallest absolute Gasteiger partial charge is 0.0215 e. The Labute approximate surface area is 82.2 Å². The van der Waals surface area contributed by atoms with Gasteiger partial charge in [0.1, 0.15) is 0 Å². The molecule has 0 amide bonds. The molecule has 1 atom stereocenters. The van der Waals surface area contributed by atoms with Gasteiger partial charge in [-0.25, -0.2) is 0 Å². The second-order valence-corrected chi connectivity index (χ2v) is 4.46. The van der Waals surface area contributed by atoms with Crippen LogP contribution in [0.2, 0.25) is 0 Å². The molecule has 2 nitrogen and oxygen atoms in total. The quantitative estimate of drug-likeness (QED) is 0.471. The van der Waals surface area contributed by atoms with Gasteiger partial charge in [-0.05, 0) is 24.7 Å². The Morgan fingerprint density at radius 2 is 1.92 bits per heavy atom. The van der Waals surface area contributed by atoms with E-state index < -0.39 is 0 Å². The molecule has 2 heteroatoms. The lowest BCUT2D eigenvalue weighted by molar-refractivity contribution is 0.345. The van der Waals surface area contributed by atoms with E-state index in [1.165, 1.54) is 38.5 Å². The van der Waals surface area contributed by atoms with Gasteiger partial charge in [-0.3, -0.25) is 11.3 Å². The SMILES string of the molecule is CCC(CC)CC(CC1CC1)NN. The Kier molecular flexibility index (Phi) is 4.74. The normalized spacial score (nSPS) is 19.4. The highest BCUT2D eigenvalue weighted by molar-refractivity contribution is 4.80. The predicted molar refractivity (Wildman–Crippen MR) is 57.1 cm³/mol. The molecule has 1 rings (SSSR count). The van der Waals surface area contributed by atoms with Crippen molar-refractivity contribution in [3.05, 3.63) is 0 Å². The third-order valence-corrected chi connectivity index (χ3v) is 3.32. The van der Waals surface area contributed by atoms with Crippen LogP contribution in [0, 0.1) is 11.8 Å². The van der Waals surface area contributed by atoms with Crippen LogP contribution in [0.15, 0.2) is 0 Å². The van der Waals surface area contributed by atoms with Crippen LogP contribution >= 0.6 is 0 Å². The minimum atomic E-state index is 0.567. The van der Waals surface area contributed by atoms with Gasteiger partial charge >= 0.3 is 0 Å². The van der Waals surface area contributed by atoms with Crippen molar-refractivity contribution in [1.82, 2.24) is 5.43 Å². The van der Waals surface area contributed by atoms with E-state index in [2.05, 4.69) is 19.3 Å². The second kappa shape index (κ2) is 5.61. The van der Waals surface area contributed by atoms with Crippen LogP contribution in [-0.4, -0.2) is 6.04 Å². The number of hydrogen-bond donors (Lipinski definition) is 2. The van der Waals surface area contributed by atoms with Crippen LogP contribution in [0.1, 0.15) is 52.4 Å². The lowest BCUT2D eigenvalue weighted by atomic mass is 9.92. The maximum Gasteiger partial charge on any atom is 0.0215 e. The van der Waals surface area contributed by atoms with Gasteiger partial charge in [0.25, 0.3) is 0 Å². The van der Waals surface area contributed by atoms with Gasteiger partial charge in [-0.2, -0.15) is 0 Å². The van der Waals surface area contributed by atoms with E-state index in [0.29, 0.717) is 6.04 Å². The van der Waals surface area contributed by atoms with Crippen molar-refractivity contribution < 1.29 is 0 Å². The zero-order valence-corrected chi connectivity index (χ0v) is 9.05. The van der Waals surface area contributed by atoms with Gasteiger partial charge in [0, 0.05) is 6.04 Å². The molecule has 78 valence electrons. The molecule has 0 radical (unpaired) electrons. The van der Waals surface area contributed by atoms with E-state index in [1.54, 1.807) is 0 Å². The molecule has 0 aliphatic heterocycles. The Morgan fingerprint density at radius 3 is 2.31 bits per heavy atom. The van der Waals surface area contributed by atoms with Gasteiger partial charge < -0.3 is 0 Å². The highest BCUT2D eigenvalue weighted by atomic mass is 15.2. The van der Waals surface area contributed by atoms with Crippen molar-refractivity contribution in [3.8, 4) is 0 Å². The van der Waals surface area contributed by atoms with Crippen LogP contribution in [-0.2, 0) is 0 Å². The molecule has 0 aromatic carbocycles. The highest BCUT2D eigenvalue weighted by Gasteiger charge is 2.25. The summed E-state index contributed by atoms with van der Waals surface area (Å²) in [6.07, 6.45) is 8.01. The van der Waals surface area contributed by atoms with Gasteiger partial charge in [0.15, 0.2) is 0 Å². The van der Waals surface area contributed by atoms with E-state index in [-0.39, 0.29) is 0 Å². The van der Waals surface area contributed by atoms with Gasteiger partial charge in [-0.1, -0.05) is 39.5 Å². The number of hydrogen-bond acceptors (Lipinski definition) is 2. The maximum atomic E-state index is 5.56. The minimum absolute atomic E-state index is 0.567. The summed E-state index contributed by atoms with van der Waals surface area (Å²) in [5, 5.41) is 0. The first-order chi connectivity index (χ1) is 6.30. The van der Waals surface area contributed by atoms with Crippen molar-refractivity contribution in [2.24, 2.45) is 17.7 Å². The molecule has 0 spiro atoms. The third kappa shape index (κ3) is 4.10. The van der Waals surface area contributed by atoms with Crippen LogP contribution < -0.4 is 11.3 Å². The summed E-state index contributed by atoms with van der Waals surface area (Å²) in [5.41, 5.74) is 2.97. The largest absolute Gasteiger partial charge is 0.271 e. The molecule has 0 aromatic rings. The van der Waals surface area contributed by atoms with Crippen LogP contribution in [0.4, 0.5) is 0 Å². The fourth-order valence-corrected chi connectivity index (χ4v) is 2.01.